The zero-order valence-corrected chi connectivity index (χ0v) is 14.0. The summed E-state index contributed by atoms with van der Waals surface area (Å²) >= 11 is 0. The average Bonchev–Trinajstić information content (AvgIpc) is 2.55. The molecular weight excluding hydrogens is 282 g/mol. The molecule has 0 bridgehead atoms. The molecule has 0 spiro atoms. The number of hydrogen-bond donors (Lipinski definition) is 1. The quantitative estimate of drug-likeness (QED) is 0.667. The molecule has 1 N–H and O–H groups in total. The first-order chi connectivity index (χ1) is 11.1. The van der Waals surface area contributed by atoms with Crippen LogP contribution in [0.2, 0.25) is 0 Å². The molecule has 0 aromatic heterocycles. The number of benzene rings is 3. The van der Waals surface area contributed by atoms with E-state index < -0.39 is 0 Å². The Morgan fingerprint density at radius 1 is 0.913 bits per heavy atom. The second kappa shape index (κ2) is 6.74. The van der Waals surface area contributed by atoms with Crippen molar-refractivity contribution in [3.05, 3.63) is 71.8 Å². The van der Waals surface area contributed by atoms with Crippen molar-refractivity contribution in [2.45, 2.75) is 33.4 Å². The minimum Gasteiger partial charge on any atom is -0.491 e. The van der Waals surface area contributed by atoms with Crippen LogP contribution in [0.4, 0.5) is 5.69 Å². The van der Waals surface area contributed by atoms with E-state index in [1.807, 2.05) is 0 Å². The Bertz CT molecular complexity index is 791. The van der Waals surface area contributed by atoms with Crippen molar-refractivity contribution in [1.29, 1.82) is 0 Å². The largest absolute Gasteiger partial charge is 0.491 e. The van der Waals surface area contributed by atoms with Gasteiger partial charge in [-0.15, -0.1) is 0 Å². The van der Waals surface area contributed by atoms with Crippen molar-refractivity contribution < 1.29 is 4.74 Å². The van der Waals surface area contributed by atoms with E-state index in [-0.39, 0.29) is 6.10 Å². The Morgan fingerprint density at radius 2 is 1.65 bits per heavy atom. The van der Waals surface area contributed by atoms with Gasteiger partial charge in [0.25, 0.3) is 0 Å². The van der Waals surface area contributed by atoms with E-state index in [9.17, 15) is 0 Å². The minimum atomic E-state index is 0.161. The topological polar surface area (TPSA) is 21.3 Å². The van der Waals surface area contributed by atoms with Crippen LogP contribution in [-0.2, 0) is 6.54 Å². The third-order valence-electron chi connectivity index (χ3n) is 3.88. The standard InChI is InChI=1S/C21H23NO/c1-15(2)23-21-13-10-17-6-4-5-7-19(17)20(21)14-22-18-11-8-16(3)9-12-18/h4-13,15,22H,14H2,1-3H3. The lowest BCUT2D eigenvalue weighted by Crippen LogP contribution is -2.09. The SMILES string of the molecule is Cc1ccc(NCc2c(OC(C)C)ccc3ccccc23)cc1. The van der Waals surface area contributed by atoms with Crippen LogP contribution < -0.4 is 10.1 Å². The van der Waals surface area contributed by atoms with Crippen LogP contribution in [0, 0.1) is 6.92 Å². The molecule has 0 amide bonds. The molecule has 118 valence electrons. The monoisotopic (exact) mass is 305 g/mol. The summed E-state index contributed by atoms with van der Waals surface area (Å²) in [6.45, 7) is 6.97. The summed E-state index contributed by atoms with van der Waals surface area (Å²) in [5.74, 6) is 0.957. The van der Waals surface area contributed by atoms with E-state index >= 15 is 0 Å². The van der Waals surface area contributed by atoms with Gasteiger partial charge in [-0.2, -0.15) is 0 Å². The maximum absolute atomic E-state index is 6.02. The van der Waals surface area contributed by atoms with Gasteiger partial charge in [-0.25, -0.2) is 0 Å². The third kappa shape index (κ3) is 3.65. The number of hydrogen-bond acceptors (Lipinski definition) is 2. The van der Waals surface area contributed by atoms with E-state index in [4.69, 9.17) is 4.74 Å². The number of ether oxygens (including phenoxy) is 1. The Hall–Kier alpha value is -2.48. The summed E-state index contributed by atoms with van der Waals surface area (Å²) in [6.07, 6.45) is 0.161. The van der Waals surface area contributed by atoms with Crippen molar-refractivity contribution in [2.75, 3.05) is 5.32 Å². The number of nitrogens with one attached hydrogen (secondary N) is 1. The molecule has 0 heterocycles. The molecule has 0 unspecified atom stereocenters. The molecule has 2 nitrogen and oxygen atoms in total. The van der Waals surface area contributed by atoms with E-state index in [1.165, 1.54) is 21.9 Å². The van der Waals surface area contributed by atoms with Crippen LogP contribution in [0.1, 0.15) is 25.0 Å². The van der Waals surface area contributed by atoms with Crippen LogP contribution >= 0.6 is 0 Å². The number of fused-ring (bicyclic) bond motifs is 1. The molecule has 0 saturated heterocycles. The highest BCUT2D eigenvalue weighted by Gasteiger charge is 2.10. The van der Waals surface area contributed by atoms with Crippen LogP contribution in [0.3, 0.4) is 0 Å². The highest BCUT2D eigenvalue weighted by Crippen LogP contribution is 2.29. The Labute approximate surface area is 138 Å². The smallest absolute Gasteiger partial charge is 0.125 e. The summed E-state index contributed by atoms with van der Waals surface area (Å²) in [5, 5.41) is 6.00. The maximum atomic E-state index is 6.02. The fourth-order valence-corrected chi connectivity index (χ4v) is 2.72. The number of anilines is 1. The Morgan fingerprint density at radius 3 is 2.39 bits per heavy atom. The predicted molar refractivity (Wildman–Crippen MR) is 98.2 cm³/mol. The average molecular weight is 305 g/mol. The van der Waals surface area contributed by atoms with Gasteiger partial charge < -0.3 is 10.1 Å². The third-order valence-corrected chi connectivity index (χ3v) is 3.88. The van der Waals surface area contributed by atoms with E-state index in [1.54, 1.807) is 0 Å². The van der Waals surface area contributed by atoms with Crippen molar-refractivity contribution in [3.8, 4) is 5.75 Å². The van der Waals surface area contributed by atoms with Gasteiger partial charge in [-0.1, -0.05) is 48.0 Å². The summed E-state index contributed by atoms with van der Waals surface area (Å²) < 4.78 is 6.02. The Kier molecular flexibility index (Phi) is 4.52. The molecule has 0 aliphatic rings. The van der Waals surface area contributed by atoms with Crippen molar-refractivity contribution >= 4 is 16.5 Å². The summed E-state index contributed by atoms with van der Waals surface area (Å²) in [4.78, 5) is 0. The van der Waals surface area contributed by atoms with E-state index in [0.29, 0.717) is 0 Å². The fraction of sp³-hybridized carbons (Fsp3) is 0.238. The molecular formula is C21H23NO. The van der Waals surface area contributed by atoms with Gasteiger partial charge in [0, 0.05) is 17.8 Å². The molecule has 0 atom stereocenters. The first-order valence-corrected chi connectivity index (χ1v) is 8.11. The molecule has 3 aromatic carbocycles. The molecule has 0 fully saturated rings. The van der Waals surface area contributed by atoms with Crippen molar-refractivity contribution in [2.24, 2.45) is 0 Å². The van der Waals surface area contributed by atoms with Crippen LogP contribution in [-0.4, -0.2) is 6.10 Å². The lowest BCUT2D eigenvalue weighted by Gasteiger charge is -2.17. The maximum Gasteiger partial charge on any atom is 0.125 e. The van der Waals surface area contributed by atoms with Gasteiger partial charge in [0.05, 0.1) is 6.10 Å². The summed E-state index contributed by atoms with van der Waals surface area (Å²) in [6, 6.07) is 21.1. The molecule has 0 radical (unpaired) electrons. The van der Waals surface area contributed by atoms with Crippen molar-refractivity contribution in [1.82, 2.24) is 0 Å². The van der Waals surface area contributed by atoms with Crippen LogP contribution in [0.25, 0.3) is 10.8 Å². The molecule has 0 aliphatic carbocycles. The molecule has 0 aliphatic heterocycles. The van der Waals surface area contributed by atoms with Gasteiger partial charge in [-0.3, -0.25) is 0 Å². The van der Waals surface area contributed by atoms with Crippen LogP contribution in [0.5, 0.6) is 5.75 Å². The molecule has 23 heavy (non-hydrogen) atoms. The number of rotatable bonds is 5. The molecule has 0 saturated carbocycles. The second-order valence-corrected chi connectivity index (χ2v) is 6.15. The lowest BCUT2D eigenvalue weighted by atomic mass is 10.0. The first kappa shape index (κ1) is 15.4. The molecule has 2 heteroatoms. The van der Waals surface area contributed by atoms with Gasteiger partial charge in [0.1, 0.15) is 5.75 Å². The second-order valence-electron chi connectivity index (χ2n) is 6.15. The van der Waals surface area contributed by atoms with E-state index in [0.717, 1.165) is 18.0 Å². The summed E-state index contributed by atoms with van der Waals surface area (Å²) in [7, 11) is 0. The van der Waals surface area contributed by atoms with Crippen molar-refractivity contribution in [3.63, 3.8) is 0 Å². The lowest BCUT2D eigenvalue weighted by molar-refractivity contribution is 0.240. The zero-order valence-electron chi connectivity index (χ0n) is 14.0. The fourth-order valence-electron chi connectivity index (χ4n) is 2.72. The predicted octanol–water partition coefficient (Wildman–Crippen LogP) is 5.55. The Balaban J connectivity index is 1.94. The highest BCUT2D eigenvalue weighted by atomic mass is 16.5. The van der Waals surface area contributed by atoms with Gasteiger partial charge in [0.15, 0.2) is 0 Å². The minimum absolute atomic E-state index is 0.161. The van der Waals surface area contributed by atoms with Gasteiger partial charge in [-0.05, 0) is 49.7 Å². The highest BCUT2D eigenvalue weighted by molar-refractivity contribution is 5.88. The van der Waals surface area contributed by atoms with Crippen LogP contribution in [0.15, 0.2) is 60.7 Å². The first-order valence-electron chi connectivity index (χ1n) is 8.11. The number of aryl methyl sites for hydroxylation is 1. The van der Waals surface area contributed by atoms with Gasteiger partial charge in [0.2, 0.25) is 0 Å². The molecule has 3 rings (SSSR count). The zero-order chi connectivity index (χ0) is 16.2. The normalized spacial score (nSPS) is 11.0. The summed E-state index contributed by atoms with van der Waals surface area (Å²) in [5.41, 5.74) is 3.60. The van der Waals surface area contributed by atoms with Gasteiger partial charge >= 0.3 is 0 Å². The van der Waals surface area contributed by atoms with E-state index in [2.05, 4.69) is 86.8 Å². The molecule has 3 aromatic rings.